The van der Waals surface area contributed by atoms with Crippen LogP contribution in [0.2, 0.25) is 26.2 Å². The van der Waals surface area contributed by atoms with E-state index in [1.807, 2.05) is 0 Å². The Labute approximate surface area is 58.9 Å². The van der Waals surface area contributed by atoms with Crippen LogP contribution < -0.4 is 4.65 Å². The molecule has 0 saturated carbocycles. The minimum atomic E-state index is -1.44. The quantitative estimate of drug-likeness (QED) is 0.486. The van der Waals surface area contributed by atoms with Crippen LogP contribution in [0, 0.1) is 0 Å². The highest BCUT2D eigenvalue weighted by molar-refractivity contribution is 7.20. The van der Waals surface area contributed by atoms with Crippen LogP contribution >= 0.6 is 11.1 Å². The summed E-state index contributed by atoms with van der Waals surface area (Å²) in [7, 11) is -2.05. The van der Waals surface area contributed by atoms with Crippen LogP contribution in [-0.2, 0) is 0 Å². The molecule has 0 bridgehead atoms. The van der Waals surface area contributed by atoms with Gasteiger partial charge in [-0.15, -0.1) is 11.1 Å². The van der Waals surface area contributed by atoms with Crippen molar-refractivity contribution in [2.45, 2.75) is 26.2 Å². The SMILES string of the molecule is C[SiH](C)N[Si](C)(C)Cl. The number of hydrogen-bond donors (Lipinski definition) is 1. The van der Waals surface area contributed by atoms with Crippen LogP contribution in [0.5, 0.6) is 0 Å². The van der Waals surface area contributed by atoms with Crippen molar-refractivity contribution in [3.63, 3.8) is 0 Å². The van der Waals surface area contributed by atoms with E-state index in [0.717, 1.165) is 0 Å². The van der Waals surface area contributed by atoms with Crippen molar-refractivity contribution in [3.8, 4) is 0 Å². The second-order valence-corrected chi connectivity index (χ2v) is 12.0. The van der Waals surface area contributed by atoms with E-state index in [2.05, 4.69) is 30.8 Å². The molecule has 1 nitrogen and oxygen atoms in total. The molecule has 0 amide bonds. The van der Waals surface area contributed by atoms with Crippen molar-refractivity contribution < 1.29 is 0 Å². The lowest BCUT2D eigenvalue weighted by atomic mass is 11.9. The fourth-order valence-electron chi connectivity index (χ4n) is 0.686. The summed E-state index contributed by atoms with van der Waals surface area (Å²) in [5.74, 6) is 0. The van der Waals surface area contributed by atoms with Gasteiger partial charge in [0.2, 0.25) is 7.55 Å². The number of rotatable bonds is 2. The third-order valence-corrected chi connectivity index (χ3v) is 6.67. The van der Waals surface area contributed by atoms with Gasteiger partial charge in [-0.1, -0.05) is 13.1 Å². The standard InChI is InChI=1S/C4H14ClNSi2/c1-7(2)6-8(3,4)5/h6-7H,1-4H3. The number of nitrogens with one attached hydrogen (secondary N) is 1. The monoisotopic (exact) mass is 167 g/mol. The van der Waals surface area contributed by atoms with E-state index >= 15 is 0 Å². The van der Waals surface area contributed by atoms with Gasteiger partial charge in [-0.3, -0.25) is 0 Å². The third kappa shape index (κ3) is 6.68. The molecule has 0 rings (SSSR count). The average molecular weight is 168 g/mol. The predicted octanol–water partition coefficient (Wildman–Crippen LogP) is 1.50. The summed E-state index contributed by atoms with van der Waals surface area (Å²) < 4.78 is 3.43. The highest BCUT2D eigenvalue weighted by atomic mass is 35.6. The average Bonchev–Trinajstić information content (AvgIpc) is 1.21. The van der Waals surface area contributed by atoms with Gasteiger partial charge in [-0.05, 0) is 13.1 Å². The summed E-state index contributed by atoms with van der Waals surface area (Å²) >= 11 is 5.99. The summed E-state index contributed by atoms with van der Waals surface area (Å²) in [6, 6.07) is 0. The van der Waals surface area contributed by atoms with E-state index < -0.39 is 16.5 Å². The maximum absolute atomic E-state index is 5.99. The van der Waals surface area contributed by atoms with Gasteiger partial charge in [0.15, 0.2) is 0 Å². The Balaban J connectivity index is 3.39. The maximum Gasteiger partial charge on any atom is 0.213 e. The van der Waals surface area contributed by atoms with E-state index in [9.17, 15) is 0 Å². The van der Waals surface area contributed by atoms with Crippen molar-refractivity contribution in [3.05, 3.63) is 0 Å². The van der Waals surface area contributed by atoms with Crippen LogP contribution in [0.15, 0.2) is 0 Å². The van der Waals surface area contributed by atoms with Crippen LogP contribution in [-0.4, -0.2) is 16.5 Å². The minimum absolute atomic E-state index is 0.616. The fraction of sp³-hybridized carbons (Fsp3) is 1.00. The van der Waals surface area contributed by atoms with Crippen molar-refractivity contribution >= 4 is 27.6 Å². The molecule has 0 aromatic rings. The predicted molar refractivity (Wildman–Crippen MR) is 45.3 cm³/mol. The first-order valence-electron chi connectivity index (χ1n) is 2.88. The molecule has 0 radical (unpaired) electrons. The smallest absolute Gasteiger partial charge is 0.213 e. The maximum atomic E-state index is 5.99. The van der Waals surface area contributed by atoms with Gasteiger partial charge < -0.3 is 4.65 Å². The number of hydrogen-bond acceptors (Lipinski definition) is 1. The van der Waals surface area contributed by atoms with Crippen LogP contribution in [0.4, 0.5) is 0 Å². The zero-order valence-corrected chi connectivity index (χ0v) is 8.87. The van der Waals surface area contributed by atoms with Crippen molar-refractivity contribution in [2.75, 3.05) is 0 Å². The molecule has 50 valence electrons. The summed E-state index contributed by atoms with van der Waals surface area (Å²) in [6.45, 7) is 8.72. The highest BCUT2D eigenvalue weighted by Crippen LogP contribution is 2.01. The first kappa shape index (κ1) is 8.68. The Morgan fingerprint density at radius 2 is 1.75 bits per heavy atom. The van der Waals surface area contributed by atoms with Crippen molar-refractivity contribution in [1.29, 1.82) is 0 Å². The second kappa shape index (κ2) is 3.01. The molecule has 0 heterocycles. The molecule has 0 aliphatic rings. The topological polar surface area (TPSA) is 12.0 Å². The Hall–Kier alpha value is 0.684. The molecule has 4 heteroatoms. The molecule has 0 aromatic carbocycles. The molecule has 0 aliphatic carbocycles. The lowest BCUT2D eigenvalue weighted by Crippen LogP contribution is -2.45. The zero-order valence-electron chi connectivity index (χ0n) is 5.96. The van der Waals surface area contributed by atoms with Gasteiger partial charge in [0, 0.05) is 0 Å². The van der Waals surface area contributed by atoms with Gasteiger partial charge >= 0.3 is 0 Å². The molecule has 0 aliphatic heterocycles. The van der Waals surface area contributed by atoms with E-state index in [-0.39, 0.29) is 0 Å². The normalized spacial score (nSPS) is 12.8. The first-order chi connectivity index (χ1) is 3.42. The van der Waals surface area contributed by atoms with Crippen molar-refractivity contribution in [2.24, 2.45) is 0 Å². The van der Waals surface area contributed by atoms with E-state index in [4.69, 9.17) is 11.1 Å². The van der Waals surface area contributed by atoms with Gasteiger partial charge in [-0.2, -0.15) is 0 Å². The number of halogens is 1. The van der Waals surface area contributed by atoms with E-state index in [0.29, 0.717) is 0 Å². The van der Waals surface area contributed by atoms with Crippen LogP contribution in [0.25, 0.3) is 0 Å². The zero-order chi connectivity index (χ0) is 6.78. The summed E-state index contributed by atoms with van der Waals surface area (Å²) in [6.07, 6.45) is 0. The molecule has 0 saturated heterocycles. The van der Waals surface area contributed by atoms with Crippen LogP contribution in [0.1, 0.15) is 0 Å². The van der Waals surface area contributed by atoms with Crippen LogP contribution in [0.3, 0.4) is 0 Å². The minimum Gasteiger partial charge on any atom is -0.350 e. The molecule has 8 heavy (non-hydrogen) atoms. The lowest BCUT2D eigenvalue weighted by Gasteiger charge is -2.17. The summed E-state index contributed by atoms with van der Waals surface area (Å²) in [5, 5.41) is 0. The molecular weight excluding hydrogens is 154 g/mol. The molecule has 0 unspecified atom stereocenters. The lowest BCUT2D eigenvalue weighted by molar-refractivity contribution is 1.42. The Morgan fingerprint density at radius 3 is 1.75 bits per heavy atom. The molecule has 0 atom stereocenters. The van der Waals surface area contributed by atoms with E-state index in [1.165, 1.54) is 0 Å². The molecular formula is C4H14ClNSi2. The van der Waals surface area contributed by atoms with Gasteiger partial charge in [0.05, 0.1) is 8.96 Å². The largest absolute Gasteiger partial charge is 0.350 e. The molecule has 0 aromatic heterocycles. The van der Waals surface area contributed by atoms with Gasteiger partial charge in [0.25, 0.3) is 0 Å². The Kier molecular flexibility index (Phi) is 3.26. The molecule has 1 N–H and O–H groups in total. The first-order valence-corrected chi connectivity index (χ1v) is 9.78. The van der Waals surface area contributed by atoms with Gasteiger partial charge in [-0.25, -0.2) is 0 Å². The fourth-order valence-corrected chi connectivity index (χ4v) is 8.14. The van der Waals surface area contributed by atoms with E-state index in [1.54, 1.807) is 0 Å². The van der Waals surface area contributed by atoms with Gasteiger partial charge in [0.1, 0.15) is 0 Å². The third-order valence-electron chi connectivity index (χ3n) is 0.632. The summed E-state index contributed by atoms with van der Waals surface area (Å²) in [4.78, 5) is 0. The van der Waals surface area contributed by atoms with Crippen molar-refractivity contribution in [1.82, 2.24) is 4.65 Å². The second-order valence-electron chi connectivity index (χ2n) is 2.77. The summed E-state index contributed by atoms with van der Waals surface area (Å²) in [5.41, 5.74) is 0. The molecule has 0 fully saturated rings. The Morgan fingerprint density at radius 1 is 1.38 bits per heavy atom. The molecule has 0 spiro atoms. The Bertz CT molecular complexity index is 68.9. The highest BCUT2D eigenvalue weighted by Gasteiger charge is 2.16.